The normalized spacial score (nSPS) is 1.75. The Balaban J connectivity index is -0.00000000500. The average Bonchev–Trinajstić information content (AvgIpc) is 1.00. The van der Waals surface area contributed by atoms with E-state index in [1.165, 1.54) is 0 Å². The Morgan fingerprint density at radius 3 is 1.25 bits per heavy atom. The average molecular weight is 189 g/mol. The third-order valence-corrected chi connectivity index (χ3v) is 0. The molecule has 0 amide bonds. The molecule has 0 spiro atoms. The molecule has 0 aliphatic rings. The minimum atomic E-state index is 0. The molecule has 0 aromatic heterocycles. The summed E-state index contributed by atoms with van der Waals surface area (Å²) in [4.78, 5) is 0. The molecule has 0 fully saturated rings. The molecule has 0 aliphatic heterocycles. The number of hydrogen-bond donors (Lipinski definition) is 0. The molecule has 0 unspecified atom stereocenters. The van der Waals surface area contributed by atoms with E-state index in [4.69, 9.17) is 0 Å². The first-order chi connectivity index (χ1) is 1.00. The molecule has 0 N–H and O–H groups in total. The van der Waals surface area contributed by atoms with Crippen molar-refractivity contribution in [1.29, 1.82) is 0 Å². The molecule has 4 heavy (non-hydrogen) atoms. The smallest absolute Gasteiger partial charge is 0 e. The first kappa shape index (κ1) is 17.8. The van der Waals surface area contributed by atoms with Gasteiger partial charge >= 0.3 is 21.4 Å². The van der Waals surface area contributed by atoms with Crippen LogP contribution in [0, 0.1) is 0 Å². The van der Waals surface area contributed by atoms with Crippen LogP contribution in [0.3, 0.4) is 0 Å². The second kappa shape index (κ2) is 24.2. The Labute approximate surface area is 55.1 Å². The summed E-state index contributed by atoms with van der Waals surface area (Å²) in [6.45, 7) is 0. The molecule has 0 bridgehead atoms. The Kier molecular flexibility index (Phi) is 108. The van der Waals surface area contributed by atoms with E-state index in [0.29, 0.717) is 0 Å². The fraction of sp³-hybridized carbons (Fsp3) is 1.00. The van der Waals surface area contributed by atoms with E-state index in [9.17, 15) is 0 Å². The van der Waals surface area contributed by atoms with Crippen molar-refractivity contribution >= 4 is 0 Å². The molecule has 0 rings (SSSR count). The van der Waals surface area contributed by atoms with Gasteiger partial charge in [0.05, 0.1) is 0 Å². The molecular weight excluding hydrogens is 185 g/mol. The predicted octanol–water partition coefficient (Wildman–Crippen LogP) is 0.576. The molecule has 3 heteroatoms. The summed E-state index contributed by atoms with van der Waals surface area (Å²) >= 11 is 3.88. The van der Waals surface area contributed by atoms with E-state index >= 15 is 0 Å². The van der Waals surface area contributed by atoms with Crippen LogP contribution in [0.1, 0.15) is 0 Å². The fourth-order valence-corrected chi connectivity index (χ4v) is 0. The monoisotopic (exact) mass is 188 g/mol. The van der Waals surface area contributed by atoms with Gasteiger partial charge in [-0.25, -0.2) is 0 Å². The second-order valence-corrected chi connectivity index (χ2v) is 0. The number of hydrogen-bond acceptors (Lipinski definition) is 0. The van der Waals surface area contributed by atoms with Crippen molar-refractivity contribution in [3.63, 3.8) is 0 Å². The SMILES string of the molecule is [CH3][Ni].[Co].[Fe]. The summed E-state index contributed by atoms with van der Waals surface area (Å²) in [5.74, 6) is 1.62. The maximum atomic E-state index is 3.88. The Bertz CT molecular complexity index is 8.00. The third kappa shape index (κ3) is 9.68. The molecule has 0 nitrogen and oxygen atoms in total. The van der Waals surface area contributed by atoms with E-state index in [1.807, 2.05) is 0 Å². The molecule has 0 aromatic carbocycles. The van der Waals surface area contributed by atoms with Crippen LogP contribution in [-0.4, -0.2) is 0 Å². The van der Waals surface area contributed by atoms with Gasteiger partial charge in [-0.3, -0.25) is 0 Å². The van der Waals surface area contributed by atoms with Crippen LogP contribution in [0.2, 0.25) is 5.89 Å². The largest absolute Gasteiger partial charge is 0 e. The van der Waals surface area contributed by atoms with Gasteiger partial charge in [-0.2, -0.15) is 0 Å². The summed E-state index contributed by atoms with van der Waals surface area (Å²) in [6.07, 6.45) is 0. The van der Waals surface area contributed by atoms with Crippen molar-refractivity contribution in [1.82, 2.24) is 0 Å². The van der Waals surface area contributed by atoms with Gasteiger partial charge in [0.15, 0.2) is 0 Å². The standard InChI is InChI=1S/CH3.Co.Fe.Ni/h1H3;;;. The molecule has 1 radical (unpaired) electrons. The summed E-state index contributed by atoms with van der Waals surface area (Å²) in [6, 6.07) is 0. The molecule has 0 heterocycles. The van der Waals surface area contributed by atoms with Gasteiger partial charge in [0.2, 0.25) is 0 Å². The zero-order chi connectivity index (χ0) is 2.00. The van der Waals surface area contributed by atoms with Gasteiger partial charge in [-0.15, -0.1) is 0 Å². The molecule has 34 valence electrons. The molecule has 0 atom stereocenters. The quantitative estimate of drug-likeness (QED) is 0.488. The van der Waals surface area contributed by atoms with E-state index in [0.717, 1.165) is 0 Å². The van der Waals surface area contributed by atoms with E-state index in [-0.39, 0.29) is 33.8 Å². The summed E-state index contributed by atoms with van der Waals surface area (Å²) in [5.41, 5.74) is 0. The van der Waals surface area contributed by atoms with Crippen molar-refractivity contribution in [2.75, 3.05) is 0 Å². The van der Waals surface area contributed by atoms with Crippen LogP contribution in [0.15, 0.2) is 0 Å². The molecule has 0 aliphatic carbocycles. The van der Waals surface area contributed by atoms with Crippen LogP contribution >= 0.6 is 0 Å². The Hall–Kier alpha value is 1.52. The van der Waals surface area contributed by atoms with Crippen LogP contribution in [0.4, 0.5) is 0 Å². The van der Waals surface area contributed by atoms with Crippen molar-refractivity contribution in [2.45, 2.75) is 5.89 Å². The second-order valence-electron chi connectivity index (χ2n) is 0. The van der Waals surface area contributed by atoms with Crippen molar-refractivity contribution in [2.24, 2.45) is 0 Å². The summed E-state index contributed by atoms with van der Waals surface area (Å²) in [7, 11) is 0. The Morgan fingerprint density at radius 2 is 1.25 bits per heavy atom. The van der Waals surface area contributed by atoms with Crippen LogP contribution in [0.5, 0.6) is 0 Å². The first-order valence-electron chi connectivity index (χ1n) is 0.316. The van der Waals surface area contributed by atoms with E-state index < -0.39 is 0 Å². The van der Waals surface area contributed by atoms with Gasteiger partial charge in [-0.05, 0) is 0 Å². The van der Waals surface area contributed by atoms with E-state index in [2.05, 4.69) is 15.5 Å². The fourth-order valence-electron chi connectivity index (χ4n) is 0. The minimum Gasteiger partial charge on any atom is 0 e. The maximum absolute atomic E-state index is 3.88. The van der Waals surface area contributed by atoms with Gasteiger partial charge in [-0.1, -0.05) is 0 Å². The molecule has 0 saturated heterocycles. The van der Waals surface area contributed by atoms with E-state index in [1.54, 1.807) is 5.89 Å². The molecular formula is CH3CoFeNi. The summed E-state index contributed by atoms with van der Waals surface area (Å²) in [5, 5.41) is 0. The van der Waals surface area contributed by atoms with Crippen LogP contribution in [0.25, 0.3) is 0 Å². The van der Waals surface area contributed by atoms with Gasteiger partial charge in [0.25, 0.3) is 0 Å². The predicted molar refractivity (Wildman–Crippen MR) is 5.86 cm³/mol. The number of rotatable bonds is 0. The van der Waals surface area contributed by atoms with Crippen molar-refractivity contribution < 1.29 is 49.3 Å². The van der Waals surface area contributed by atoms with Crippen molar-refractivity contribution in [3.8, 4) is 0 Å². The van der Waals surface area contributed by atoms with Crippen LogP contribution < -0.4 is 0 Å². The maximum Gasteiger partial charge on any atom is 0 e. The third-order valence-electron chi connectivity index (χ3n) is 0. The van der Waals surface area contributed by atoms with Crippen molar-refractivity contribution in [3.05, 3.63) is 0 Å². The first-order valence-corrected chi connectivity index (χ1v) is 1.30. The zero-order valence-corrected chi connectivity index (χ0v) is 5.14. The minimum absolute atomic E-state index is 0. The van der Waals surface area contributed by atoms with Gasteiger partial charge < -0.3 is 0 Å². The molecule has 0 saturated carbocycles. The molecule has 0 aromatic rings. The summed E-state index contributed by atoms with van der Waals surface area (Å²) < 4.78 is 0. The zero-order valence-electron chi connectivity index (χ0n) is 2.00. The van der Waals surface area contributed by atoms with Gasteiger partial charge in [0, 0.05) is 33.8 Å². The van der Waals surface area contributed by atoms with Crippen LogP contribution in [-0.2, 0) is 49.3 Å². The topological polar surface area (TPSA) is 0 Å². The Morgan fingerprint density at radius 1 is 1.25 bits per heavy atom. The van der Waals surface area contributed by atoms with Gasteiger partial charge in [0.1, 0.15) is 0 Å².